The molecule has 1 unspecified atom stereocenters. The van der Waals surface area contributed by atoms with Crippen molar-refractivity contribution in [2.45, 2.75) is 19.8 Å². The minimum Gasteiger partial charge on any atom is -0.319 e. The van der Waals surface area contributed by atoms with Gasteiger partial charge in [0, 0.05) is 30.7 Å². The Balaban J connectivity index is 2.10. The number of amides is 1. The van der Waals surface area contributed by atoms with Crippen molar-refractivity contribution in [3.05, 3.63) is 42.4 Å². The fraction of sp³-hybridized carbons (Fsp3) is 0.357. The molecule has 1 fully saturated rings. The second-order valence-corrected chi connectivity index (χ2v) is 4.27. The standard InChI is InChI=1S/C14H16N2O2/c1-2-3-8-16-9-6-12(14(16)18)13(17)11-5-4-7-15-10-11/h3-5,7-8,10,12H,2,6,9H2,1H3/b8-3-. The van der Waals surface area contributed by atoms with E-state index in [1.807, 2.05) is 13.0 Å². The molecule has 0 aromatic carbocycles. The molecule has 0 saturated carbocycles. The van der Waals surface area contributed by atoms with Crippen molar-refractivity contribution in [3.8, 4) is 0 Å². The number of allylic oxidation sites excluding steroid dienone is 1. The van der Waals surface area contributed by atoms with E-state index in [-0.39, 0.29) is 11.7 Å². The predicted molar refractivity (Wildman–Crippen MR) is 67.8 cm³/mol. The Morgan fingerprint density at radius 3 is 3.11 bits per heavy atom. The van der Waals surface area contributed by atoms with Gasteiger partial charge in [-0.1, -0.05) is 13.0 Å². The number of ketones is 1. The molecular weight excluding hydrogens is 228 g/mol. The molecule has 0 aliphatic carbocycles. The molecule has 4 nitrogen and oxygen atoms in total. The first-order valence-electron chi connectivity index (χ1n) is 6.15. The van der Waals surface area contributed by atoms with Gasteiger partial charge < -0.3 is 4.90 Å². The zero-order valence-corrected chi connectivity index (χ0v) is 10.4. The predicted octanol–water partition coefficient (Wildman–Crippen LogP) is 2.04. The number of rotatable bonds is 4. The first kappa shape index (κ1) is 12.5. The maximum atomic E-state index is 12.2. The number of nitrogens with zero attached hydrogens (tertiary/aromatic N) is 2. The van der Waals surface area contributed by atoms with Crippen LogP contribution in [0.1, 0.15) is 30.1 Å². The molecular formula is C14H16N2O2. The largest absolute Gasteiger partial charge is 0.319 e. The Kier molecular flexibility index (Phi) is 3.87. The maximum absolute atomic E-state index is 12.2. The molecule has 18 heavy (non-hydrogen) atoms. The van der Waals surface area contributed by atoms with Gasteiger partial charge in [0.05, 0.1) is 0 Å². The summed E-state index contributed by atoms with van der Waals surface area (Å²) in [6.07, 6.45) is 8.29. The molecule has 0 radical (unpaired) electrons. The highest BCUT2D eigenvalue weighted by atomic mass is 16.2. The van der Waals surface area contributed by atoms with Crippen molar-refractivity contribution in [1.82, 2.24) is 9.88 Å². The highest BCUT2D eigenvalue weighted by molar-refractivity contribution is 6.10. The first-order chi connectivity index (χ1) is 8.74. The molecule has 1 amide bonds. The van der Waals surface area contributed by atoms with Crippen LogP contribution in [0.4, 0.5) is 0 Å². The van der Waals surface area contributed by atoms with Crippen LogP contribution in [-0.4, -0.2) is 28.1 Å². The number of hydrogen-bond donors (Lipinski definition) is 0. The van der Waals surface area contributed by atoms with Crippen molar-refractivity contribution in [2.75, 3.05) is 6.54 Å². The van der Waals surface area contributed by atoms with E-state index in [0.717, 1.165) is 6.42 Å². The zero-order chi connectivity index (χ0) is 13.0. The first-order valence-corrected chi connectivity index (χ1v) is 6.15. The summed E-state index contributed by atoms with van der Waals surface area (Å²) in [6.45, 7) is 2.63. The van der Waals surface area contributed by atoms with E-state index in [1.54, 1.807) is 29.4 Å². The third-order valence-corrected chi connectivity index (χ3v) is 3.02. The third kappa shape index (κ3) is 2.47. The van der Waals surface area contributed by atoms with Crippen molar-refractivity contribution in [1.29, 1.82) is 0 Å². The Labute approximate surface area is 106 Å². The number of Topliss-reactive ketones (excluding diaryl/α,β-unsaturated/α-hetero) is 1. The van der Waals surface area contributed by atoms with E-state index in [4.69, 9.17) is 0 Å². The van der Waals surface area contributed by atoms with Crippen LogP contribution < -0.4 is 0 Å². The molecule has 0 bridgehead atoms. The number of pyridine rings is 1. The van der Waals surface area contributed by atoms with Gasteiger partial charge in [-0.25, -0.2) is 0 Å². The fourth-order valence-electron chi connectivity index (χ4n) is 2.04. The molecule has 0 N–H and O–H groups in total. The molecule has 2 rings (SSSR count). The van der Waals surface area contributed by atoms with Crippen molar-refractivity contribution < 1.29 is 9.59 Å². The molecule has 1 aromatic heterocycles. The van der Waals surface area contributed by atoms with Crippen LogP contribution in [-0.2, 0) is 4.79 Å². The van der Waals surface area contributed by atoms with Gasteiger partial charge in [0.25, 0.3) is 0 Å². The Bertz CT molecular complexity index is 468. The normalized spacial score (nSPS) is 19.7. The van der Waals surface area contributed by atoms with Crippen LogP contribution in [0.3, 0.4) is 0 Å². The van der Waals surface area contributed by atoms with Gasteiger partial charge in [-0.05, 0) is 25.0 Å². The van der Waals surface area contributed by atoms with Gasteiger partial charge in [0.1, 0.15) is 5.92 Å². The van der Waals surface area contributed by atoms with Gasteiger partial charge in [-0.3, -0.25) is 14.6 Å². The summed E-state index contributed by atoms with van der Waals surface area (Å²) >= 11 is 0. The van der Waals surface area contributed by atoms with Crippen LogP contribution in [0.15, 0.2) is 36.8 Å². The van der Waals surface area contributed by atoms with Crippen molar-refractivity contribution >= 4 is 11.7 Å². The maximum Gasteiger partial charge on any atom is 0.237 e. The molecule has 94 valence electrons. The SMILES string of the molecule is CC/C=C\N1CCC(C(=O)c2cccnc2)C1=O. The van der Waals surface area contributed by atoms with Crippen LogP contribution in [0.5, 0.6) is 0 Å². The lowest BCUT2D eigenvalue weighted by atomic mass is 9.97. The van der Waals surface area contributed by atoms with Crippen LogP contribution in [0.2, 0.25) is 0 Å². The van der Waals surface area contributed by atoms with Gasteiger partial charge in [0.2, 0.25) is 5.91 Å². The minimum atomic E-state index is -0.546. The van der Waals surface area contributed by atoms with E-state index >= 15 is 0 Å². The van der Waals surface area contributed by atoms with Crippen LogP contribution >= 0.6 is 0 Å². The number of carbonyl (C=O) groups is 2. The summed E-state index contributed by atoms with van der Waals surface area (Å²) in [4.78, 5) is 29.8. The molecule has 2 heterocycles. The zero-order valence-electron chi connectivity index (χ0n) is 10.4. The average molecular weight is 244 g/mol. The summed E-state index contributed by atoms with van der Waals surface area (Å²) in [7, 11) is 0. The highest BCUT2D eigenvalue weighted by Crippen LogP contribution is 2.22. The lowest BCUT2D eigenvalue weighted by Gasteiger charge is -2.10. The second kappa shape index (κ2) is 5.58. The van der Waals surface area contributed by atoms with E-state index in [0.29, 0.717) is 18.5 Å². The monoisotopic (exact) mass is 244 g/mol. The van der Waals surface area contributed by atoms with Gasteiger partial charge in [-0.2, -0.15) is 0 Å². The average Bonchev–Trinajstić information content (AvgIpc) is 2.78. The topological polar surface area (TPSA) is 50.3 Å². The minimum absolute atomic E-state index is 0.103. The second-order valence-electron chi connectivity index (χ2n) is 4.27. The molecule has 1 aromatic rings. The van der Waals surface area contributed by atoms with E-state index in [9.17, 15) is 9.59 Å². The molecule has 1 aliphatic heterocycles. The quantitative estimate of drug-likeness (QED) is 0.601. The Morgan fingerprint density at radius 2 is 2.44 bits per heavy atom. The van der Waals surface area contributed by atoms with E-state index in [1.165, 1.54) is 6.20 Å². The van der Waals surface area contributed by atoms with Crippen molar-refractivity contribution in [3.63, 3.8) is 0 Å². The summed E-state index contributed by atoms with van der Waals surface area (Å²) < 4.78 is 0. The highest BCUT2D eigenvalue weighted by Gasteiger charge is 2.36. The van der Waals surface area contributed by atoms with E-state index < -0.39 is 5.92 Å². The number of aromatic nitrogens is 1. The molecule has 4 heteroatoms. The molecule has 0 spiro atoms. The number of hydrogen-bond acceptors (Lipinski definition) is 3. The smallest absolute Gasteiger partial charge is 0.237 e. The van der Waals surface area contributed by atoms with Crippen LogP contribution in [0, 0.1) is 5.92 Å². The van der Waals surface area contributed by atoms with Gasteiger partial charge in [0.15, 0.2) is 5.78 Å². The summed E-state index contributed by atoms with van der Waals surface area (Å²) in [5.41, 5.74) is 0.511. The molecule has 1 atom stereocenters. The molecule has 1 aliphatic rings. The van der Waals surface area contributed by atoms with E-state index in [2.05, 4.69) is 4.98 Å². The van der Waals surface area contributed by atoms with Gasteiger partial charge in [-0.15, -0.1) is 0 Å². The Morgan fingerprint density at radius 1 is 1.61 bits per heavy atom. The van der Waals surface area contributed by atoms with Crippen LogP contribution in [0.25, 0.3) is 0 Å². The summed E-state index contributed by atoms with van der Waals surface area (Å²) in [5, 5.41) is 0. The number of likely N-dealkylation sites (tertiary alicyclic amines) is 1. The number of carbonyl (C=O) groups excluding carboxylic acids is 2. The lowest BCUT2D eigenvalue weighted by molar-refractivity contribution is -0.127. The van der Waals surface area contributed by atoms with Gasteiger partial charge >= 0.3 is 0 Å². The molecule has 1 saturated heterocycles. The fourth-order valence-corrected chi connectivity index (χ4v) is 2.04. The third-order valence-electron chi connectivity index (χ3n) is 3.02. The van der Waals surface area contributed by atoms with Crippen molar-refractivity contribution in [2.24, 2.45) is 5.92 Å². The Hall–Kier alpha value is -1.97. The summed E-state index contributed by atoms with van der Waals surface area (Å²) in [6, 6.07) is 3.41. The summed E-state index contributed by atoms with van der Waals surface area (Å²) in [5.74, 6) is -0.773. The lowest BCUT2D eigenvalue weighted by Crippen LogP contribution is -2.26.